The Hall–Kier alpha value is -3.91. The van der Waals surface area contributed by atoms with E-state index in [0.717, 1.165) is 6.07 Å². The number of nitrogen functional groups attached to an aromatic ring is 1. The van der Waals surface area contributed by atoms with Crippen LogP contribution in [0.15, 0.2) is 24.4 Å². The molecule has 3 rings (SSSR count). The number of ether oxygens (including phenoxy) is 1. The lowest BCUT2D eigenvalue weighted by molar-refractivity contribution is 0.0700. The predicted molar refractivity (Wildman–Crippen MR) is 109 cm³/mol. The third-order valence-electron chi connectivity index (χ3n) is 4.68. The Morgan fingerprint density at radius 2 is 2.19 bits per heavy atom. The summed E-state index contributed by atoms with van der Waals surface area (Å²) in [7, 11) is 0. The average molecular weight is 428 g/mol. The Morgan fingerprint density at radius 1 is 1.45 bits per heavy atom. The summed E-state index contributed by atoms with van der Waals surface area (Å²) in [6.45, 7) is 3.68. The van der Waals surface area contributed by atoms with Crippen LogP contribution in [0.4, 0.5) is 16.0 Å². The molecule has 0 aliphatic carbocycles. The summed E-state index contributed by atoms with van der Waals surface area (Å²) in [6, 6.07) is 6.01. The molecule has 3 aromatic rings. The van der Waals surface area contributed by atoms with Crippen molar-refractivity contribution in [2.45, 2.75) is 26.5 Å². The number of benzene rings is 1. The molecule has 0 fully saturated rings. The van der Waals surface area contributed by atoms with E-state index < -0.39 is 17.9 Å². The van der Waals surface area contributed by atoms with E-state index in [-0.39, 0.29) is 47.1 Å². The molecule has 2 heterocycles. The van der Waals surface area contributed by atoms with E-state index in [9.17, 15) is 24.7 Å². The van der Waals surface area contributed by atoms with Crippen molar-refractivity contribution in [3.8, 4) is 11.8 Å². The standard InChI is InChI=1S/C20H21FN6O4/c1-3-26(16-6-7-27-19(24-16)17(20(29)30)18(23)25-27)9-13-12(8-22)14(21)4-5-15(13)31-11(2)10-28/h4-7,11,28H,3,9-10H2,1-2H3,(H2,23,25)(H,29,30)/t11-/m0/s1. The third-order valence-corrected chi connectivity index (χ3v) is 4.68. The summed E-state index contributed by atoms with van der Waals surface area (Å²) in [5, 5.41) is 32.1. The molecule has 1 atom stereocenters. The molecule has 0 aliphatic heterocycles. The van der Waals surface area contributed by atoms with Gasteiger partial charge in [0.2, 0.25) is 0 Å². The zero-order chi connectivity index (χ0) is 22.7. The number of carbonyl (C=O) groups is 1. The van der Waals surface area contributed by atoms with Crippen LogP contribution in [0.2, 0.25) is 0 Å². The van der Waals surface area contributed by atoms with Gasteiger partial charge in [0.05, 0.1) is 12.2 Å². The van der Waals surface area contributed by atoms with E-state index in [1.165, 1.54) is 16.8 Å². The highest BCUT2D eigenvalue weighted by Crippen LogP contribution is 2.29. The highest BCUT2D eigenvalue weighted by atomic mass is 19.1. The van der Waals surface area contributed by atoms with Crippen LogP contribution in [0.25, 0.3) is 5.65 Å². The fourth-order valence-electron chi connectivity index (χ4n) is 3.11. The number of fused-ring (bicyclic) bond motifs is 1. The molecular weight excluding hydrogens is 407 g/mol. The number of halogens is 1. The molecule has 0 bridgehead atoms. The van der Waals surface area contributed by atoms with Gasteiger partial charge in [-0.15, -0.1) is 5.10 Å². The zero-order valence-electron chi connectivity index (χ0n) is 16.9. The van der Waals surface area contributed by atoms with Crippen LogP contribution in [0, 0.1) is 17.1 Å². The summed E-state index contributed by atoms with van der Waals surface area (Å²) in [5.41, 5.74) is 5.64. The average Bonchev–Trinajstić information content (AvgIpc) is 3.08. The van der Waals surface area contributed by atoms with Crippen molar-refractivity contribution in [1.29, 1.82) is 5.26 Å². The van der Waals surface area contributed by atoms with E-state index in [1.807, 2.05) is 13.0 Å². The first-order valence-corrected chi connectivity index (χ1v) is 9.42. The maximum atomic E-state index is 14.3. The Balaban J connectivity index is 2.07. The molecule has 1 aromatic carbocycles. The van der Waals surface area contributed by atoms with Crippen molar-refractivity contribution in [2.75, 3.05) is 23.8 Å². The van der Waals surface area contributed by atoms with Gasteiger partial charge in [0.1, 0.15) is 35.1 Å². The molecule has 31 heavy (non-hydrogen) atoms. The number of nitrogens with zero attached hydrogens (tertiary/aromatic N) is 5. The van der Waals surface area contributed by atoms with Crippen molar-refractivity contribution in [3.63, 3.8) is 0 Å². The minimum Gasteiger partial charge on any atom is -0.488 e. The van der Waals surface area contributed by atoms with Gasteiger partial charge in [-0.05, 0) is 32.0 Å². The van der Waals surface area contributed by atoms with Crippen LogP contribution in [0.5, 0.6) is 5.75 Å². The Kier molecular flexibility index (Phi) is 6.22. The van der Waals surface area contributed by atoms with Crippen molar-refractivity contribution >= 4 is 23.3 Å². The molecule has 162 valence electrons. The van der Waals surface area contributed by atoms with E-state index in [1.54, 1.807) is 17.9 Å². The quantitative estimate of drug-likeness (QED) is 0.488. The molecular formula is C20H21FN6O4. The second-order valence-electron chi connectivity index (χ2n) is 6.76. The lowest BCUT2D eigenvalue weighted by Crippen LogP contribution is -2.25. The highest BCUT2D eigenvalue weighted by molar-refractivity contribution is 5.99. The number of hydrogen-bond acceptors (Lipinski definition) is 8. The number of rotatable bonds is 8. The molecule has 0 unspecified atom stereocenters. The fourth-order valence-corrected chi connectivity index (χ4v) is 3.11. The van der Waals surface area contributed by atoms with Crippen LogP contribution >= 0.6 is 0 Å². The summed E-state index contributed by atoms with van der Waals surface area (Å²) >= 11 is 0. The lowest BCUT2D eigenvalue weighted by Gasteiger charge is -2.25. The first-order valence-electron chi connectivity index (χ1n) is 9.42. The minimum atomic E-state index is -1.26. The van der Waals surface area contributed by atoms with Gasteiger partial charge in [0.25, 0.3) is 0 Å². The number of hydrogen-bond donors (Lipinski definition) is 3. The number of nitrogens with two attached hydrogens (primary N) is 1. The predicted octanol–water partition coefficient (Wildman–Crippen LogP) is 1.81. The minimum absolute atomic E-state index is 0.0554. The summed E-state index contributed by atoms with van der Waals surface area (Å²) in [4.78, 5) is 17.6. The number of aromatic carboxylic acids is 1. The van der Waals surface area contributed by atoms with Gasteiger partial charge in [0.15, 0.2) is 11.5 Å². The maximum absolute atomic E-state index is 14.3. The molecule has 4 N–H and O–H groups in total. The maximum Gasteiger partial charge on any atom is 0.343 e. The smallest absolute Gasteiger partial charge is 0.343 e. The summed E-state index contributed by atoms with van der Waals surface area (Å²) in [5.74, 6) is -1.47. The largest absolute Gasteiger partial charge is 0.488 e. The van der Waals surface area contributed by atoms with Gasteiger partial charge >= 0.3 is 5.97 Å². The van der Waals surface area contributed by atoms with Crippen LogP contribution in [-0.2, 0) is 6.54 Å². The van der Waals surface area contributed by atoms with Gasteiger partial charge < -0.3 is 25.6 Å². The number of carboxylic acid groups (broad SMARTS) is 1. The molecule has 0 saturated carbocycles. The van der Waals surface area contributed by atoms with Crippen LogP contribution in [-0.4, -0.2) is 50.0 Å². The number of nitriles is 1. The summed E-state index contributed by atoms with van der Waals surface area (Å²) in [6.07, 6.45) is 0.957. The van der Waals surface area contributed by atoms with Crippen molar-refractivity contribution in [3.05, 3.63) is 46.9 Å². The number of aliphatic hydroxyl groups excluding tert-OH is 1. The fraction of sp³-hybridized carbons (Fsp3) is 0.300. The molecule has 0 radical (unpaired) electrons. The van der Waals surface area contributed by atoms with E-state index in [2.05, 4.69) is 10.1 Å². The van der Waals surface area contributed by atoms with E-state index >= 15 is 0 Å². The normalized spacial score (nSPS) is 11.8. The topological polar surface area (TPSA) is 150 Å². The van der Waals surface area contributed by atoms with E-state index in [4.69, 9.17) is 10.5 Å². The van der Waals surface area contributed by atoms with Gasteiger partial charge in [-0.2, -0.15) is 5.26 Å². The molecule has 10 nitrogen and oxygen atoms in total. The molecule has 11 heteroatoms. The number of anilines is 2. The first-order chi connectivity index (χ1) is 14.8. The first kappa shape index (κ1) is 21.8. The van der Waals surface area contributed by atoms with Gasteiger partial charge in [-0.1, -0.05) is 0 Å². The molecule has 0 spiro atoms. The second-order valence-corrected chi connectivity index (χ2v) is 6.76. The highest BCUT2D eigenvalue weighted by Gasteiger charge is 2.22. The van der Waals surface area contributed by atoms with Crippen molar-refractivity contribution < 1.29 is 24.1 Å². The van der Waals surface area contributed by atoms with Crippen molar-refractivity contribution in [1.82, 2.24) is 14.6 Å². The third kappa shape index (κ3) is 4.19. The van der Waals surface area contributed by atoms with Crippen LogP contribution in [0.3, 0.4) is 0 Å². The Morgan fingerprint density at radius 3 is 2.81 bits per heavy atom. The van der Waals surface area contributed by atoms with Gasteiger partial charge in [0, 0.05) is 24.8 Å². The molecule has 0 aliphatic rings. The monoisotopic (exact) mass is 428 g/mol. The van der Waals surface area contributed by atoms with Crippen molar-refractivity contribution in [2.24, 2.45) is 0 Å². The molecule has 2 aromatic heterocycles. The van der Waals surface area contributed by atoms with Crippen LogP contribution < -0.4 is 15.4 Å². The molecule has 0 amide bonds. The SMILES string of the molecule is CCN(Cc1c(O[C@@H](C)CO)ccc(F)c1C#N)c1ccn2nc(N)c(C(=O)O)c2n1. The van der Waals surface area contributed by atoms with Crippen LogP contribution in [0.1, 0.15) is 35.3 Å². The second kappa shape index (κ2) is 8.85. The summed E-state index contributed by atoms with van der Waals surface area (Å²) < 4.78 is 21.2. The molecule has 0 saturated heterocycles. The van der Waals surface area contributed by atoms with E-state index in [0.29, 0.717) is 12.4 Å². The number of carboxylic acids is 1. The Labute approximate surface area is 176 Å². The lowest BCUT2D eigenvalue weighted by atomic mass is 10.1. The van der Waals surface area contributed by atoms with Gasteiger partial charge in [-0.3, -0.25) is 0 Å². The Bertz CT molecular complexity index is 1170. The number of aliphatic hydroxyl groups is 1. The number of aromatic nitrogens is 3. The zero-order valence-corrected chi connectivity index (χ0v) is 16.9. The van der Waals surface area contributed by atoms with Gasteiger partial charge in [-0.25, -0.2) is 18.7 Å².